The minimum Gasteiger partial charge on any atom is -0.494 e. The summed E-state index contributed by atoms with van der Waals surface area (Å²) >= 11 is 0. The van der Waals surface area contributed by atoms with E-state index >= 15 is 0 Å². The molecule has 0 unspecified atom stereocenters. The van der Waals surface area contributed by atoms with Crippen LogP contribution in [0.25, 0.3) is 0 Å². The summed E-state index contributed by atoms with van der Waals surface area (Å²) in [6.45, 7) is 4.61. The Bertz CT molecular complexity index is 391. The minimum absolute atomic E-state index is 0.190. The number of hydrogen-bond acceptors (Lipinski definition) is 5. The topological polar surface area (TPSA) is 48.0 Å². The Balaban J connectivity index is 2.21. The Kier molecular flexibility index (Phi) is 7.50. The summed E-state index contributed by atoms with van der Waals surface area (Å²) in [6, 6.07) is 7.55. The molecule has 0 aliphatic heterocycles. The second-order valence-electron chi connectivity index (χ2n) is 4.38. The number of carbonyl (C=O) groups excluding carboxylic acids is 1. The van der Waals surface area contributed by atoms with Gasteiger partial charge in [-0.05, 0) is 38.2 Å². The van der Waals surface area contributed by atoms with Crippen molar-refractivity contribution in [2.24, 2.45) is 0 Å². The molecule has 20 heavy (non-hydrogen) atoms. The summed E-state index contributed by atoms with van der Waals surface area (Å²) < 4.78 is 15.6. The van der Waals surface area contributed by atoms with Crippen LogP contribution < -0.4 is 9.47 Å². The van der Waals surface area contributed by atoms with Crippen LogP contribution in [0.1, 0.15) is 13.3 Å². The van der Waals surface area contributed by atoms with Crippen molar-refractivity contribution in [1.82, 2.24) is 4.90 Å². The first kappa shape index (κ1) is 16.3. The molecule has 5 nitrogen and oxygen atoms in total. The molecule has 0 aliphatic carbocycles. The van der Waals surface area contributed by atoms with Crippen LogP contribution in [0.4, 0.5) is 0 Å². The Labute approximate surface area is 120 Å². The van der Waals surface area contributed by atoms with Crippen LogP contribution in [0.2, 0.25) is 0 Å². The van der Waals surface area contributed by atoms with Gasteiger partial charge in [0.2, 0.25) is 0 Å². The highest BCUT2D eigenvalue weighted by molar-refractivity contribution is 5.69. The molecule has 1 rings (SSSR count). The molecule has 0 amide bonds. The first-order valence-electron chi connectivity index (χ1n) is 6.76. The van der Waals surface area contributed by atoms with Crippen LogP contribution in [-0.4, -0.2) is 51.3 Å². The number of esters is 1. The molecule has 0 fully saturated rings. The maximum Gasteiger partial charge on any atom is 0.306 e. The molecule has 0 saturated carbocycles. The average Bonchev–Trinajstić information content (AvgIpc) is 2.47. The smallest absolute Gasteiger partial charge is 0.306 e. The summed E-state index contributed by atoms with van der Waals surface area (Å²) in [5.41, 5.74) is 0. The van der Waals surface area contributed by atoms with Gasteiger partial charge in [0.05, 0.1) is 20.1 Å². The molecule has 0 N–H and O–H groups in total. The van der Waals surface area contributed by atoms with Crippen LogP contribution in [0.3, 0.4) is 0 Å². The van der Waals surface area contributed by atoms with Crippen molar-refractivity contribution in [1.29, 1.82) is 0 Å². The van der Waals surface area contributed by atoms with Crippen molar-refractivity contribution in [3.63, 3.8) is 0 Å². The molecule has 0 spiro atoms. The Morgan fingerprint density at radius 3 is 2.25 bits per heavy atom. The number of carbonyl (C=O) groups is 1. The highest BCUT2D eigenvalue weighted by Gasteiger charge is 2.04. The summed E-state index contributed by atoms with van der Waals surface area (Å²) in [6.07, 6.45) is 0.399. The molecule has 0 saturated heterocycles. The number of ether oxygens (including phenoxy) is 3. The molecule has 0 aromatic heterocycles. The van der Waals surface area contributed by atoms with E-state index in [0.717, 1.165) is 18.0 Å². The van der Waals surface area contributed by atoms with Crippen molar-refractivity contribution in [3.05, 3.63) is 24.3 Å². The van der Waals surface area contributed by atoms with E-state index in [-0.39, 0.29) is 5.97 Å². The fraction of sp³-hybridized carbons (Fsp3) is 0.533. The van der Waals surface area contributed by atoms with E-state index in [1.165, 1.54) is 7.11 Å². The summed E-state index contributed by atoms with van der Waals surface area (Å²) in [7, 11) is 3.35. The SMILES string of the molecule is CCOc1ccc(OCCN(C)CCC(=O)OC)cc1. The maximum atomic E-state index is 11.0. The number of hydrogen-bond donors (Lipinski definition) is 0. The monoisotopic (exact) mass is 281 g/mol. The minimum atomic E-state index is -0.190. The van der Waals surface area contributed by atoms with Gasteiger partial charge in [-0.3, -0.25) is 4.79 Å². The summed E-state index contributed by atoms with van der Waals surface area (Å²) in [5, 5.41) is 0. The third-order valence-electron chi connectivity index (χ3n) is 2.80. The molecular formula is C15H23NO4. The van der Waals surface area contributed by atoms with E-state index in [9.17, 15) is 4.79 Å². The van der Waals surface area contributed by atoms with Crippen molar-refractivity contribution >= 4 is 5.97 Å². The van der Waals surface area contributed by atoms with Gasteiger partial charge in [0.15, 0.2) is 0 Å². The first-order chi connectivity index (χ1) is 9.65. The summed E-state index contributed by atoms with van der Waals surface area (Å²) in [5.74, 6) is 1.47. The lowest BCUT2D eigenvalue weighted by Crippen LogP contribution is -2.27. The van der Waals surface area contributed by atoms with Crippen LogP contribution in [0, 0.1) is 0 Å². The second kappa shape index (κ2) is 9.20. The lowest BCUT2D eigenvalue weighted by molar-refractivity contribution is -0.140. The zero-order valence-electron chi connectivity index (χ0n) is 12.4. The fourth-order valence-corrected chi connectivity index (χ4v) is 1.61. The van der Waals surface area contributed by atoms with Crippen LogP contribution in [-0.2, 0) is 9.53 Å². The van der Waals surface area contributed by atoms with E-state index in [0.29, 0.717) is 26.2 Å². The quantitative estimate of drug-likeness (QED) is 0.648. The van der Waals surface area contributed by atoms with Gasteiger partial charge in [0.25, 0.3) is 0 Å². The highest BCUT2D eigenvalue weighted by Crippen LogP contribution is 2.17. The molecule has 112 valence electrons. The van der Waals surface area contributed by atoms with Gasteiger partial charge in [0.1, 0.15) is 18.1 Å². The molecule has 0 bridgehead atoms. The molecule has 0 heterocycles. The van der Waals surface area contributed by atoms with Gasteiger partial charge in [0, 0.05) is 13.1 Å². The number of nitrogens with zero attached hydrogens (tertiary/aromatic N) is 1. The van der Waals surface area contributed by atoms with Crippen molar-refractivity contribution < 1.29 is 19.0 Å². The average molecular weight is 281 g/mol. The molecule has 5 heteroatoms. The van der Waals surface area contributed by atoms with Crippen molar-refractivity contribution in [2.75, 3.05) is 40.5 Å². The Morgan fingerprint density at radius 2 is 1.70 bits per heavy atom. The zero-order chi connectivity index (χ0) is 14.8. The van der Waals surface area contributed by atoms with Gasteiger partial charge in [-0.25, -0.2) is 0 Å². The van der Waals surface area contributed by atoms with Gasteiger partial charge >= 0.3 is 5.97 Å². The third kappa shape index (κ3) is 6.43. The summed E-state index contributed by atoms with van der Waals surface area (Å²) in [4.78, 5) is 13.0. The normalized spacial score (nSPS) is 10.4. The highest BCUT2D eigenvalue weighted by atomic mass is 16.5. The van der Waals surface area contributed by atoms with Gasteiger partial charge < -0.3 is 19.1 Å². The predicted octanol–water partition coefficient (Wildman–Crippen LogP) is 1.96. The van der Waals surface area contributed by atoms with Crippen molar-refractivity contribution in [2.45, 2.75) is 13.3 Å². The largest absolute Gasteiger partial charge is 0.494 e. The van der Waals surface area contributed by atoms with E-state index in [1.807, 2.05) is 43.1 Å². The lowest BCUT2D eigenvalue weighted by atomic mass is 10.3. The number of methoxy groups -OCH3 is 1. The predicted molar refractivity (Wildman–Crippen MR) is 77.2 cm³/mol. The Hall–Kier alpha value is -1.75. The maximum absolute atomic E-state index is 11.0. The van der Waals surface area contributed by atoms with Crippen molar-refractivity contribution in [3.8, 4) is 11.5 Å². The van der Waals surface area contributed by atoms with Gasteiger partial charge in [-0.15, -0.1) is 0 Å². The number of likely N-dealkylation sites (N-methyl/N-ethyl adjacent to an activating group) is 1. The first-order valence-corrected chi connectivity index (χ1v) is 6.76. The van der Waals surface area contributed by atoms with Crippen LogP contribution in [0.5, 0.6) is 11.5 Å². The van der Waals surface area contributed by atoms with E-state index in [4.69, 9.17) is 9.47 Å². The van der Waals surface area contributed by atoms with E-state index in [1.54, 1.807) is 0 Å². The number of rotatable bonds is 9. The zero-order valence-corrected chi connectivity index (χ0v) is 12.4. The van der Waals surface area contributed by atoms with Gasteiger partial charge in [-0.2, -0.15) is 0 Å². The molecule has 0 aliphatic rings. The number of benzene rings is 1. The Morgan fingerprint density at radius 1 is 1.10 bits per heavy atom. The standard InChI is InChI=1S/C15H23NO4/c1-4-19-13-5-7-14(8-6-13)20-12-11-16(2)10-9-15(17)18-3/h5-8H,4,9-12H2,1-3H3. The molecule has 0 radical (unpaired) electrons. The van der Waals surface area contributed by atoms with E-state index < -0.39 is 0 Å². The third-order valence-corrected chi connectivity index (χ3v) is 2.80. The molecular weight excluding hydrogens is 258 g/mol. The van der Waals surface area contributed by atoms with Crippen LogP contribution >= 0.6 is 0 Å². The van der Waals surface area contributed by atoms with E-state index in [2.05, 4.69) is 4.74 Å². The second-order valence-corrected chi connectivity index (χ2v) is 4.38. The van der Waals surface area contributed by atoms with Gasteiger partial charge in [-0.1, -0.05) is 0 Å². The lowest BCUT2D eigenvalue weighted by Gasteiger charge is -2.16. The molecule has 0 atom stereocenters. The molecule has 1 aromatic rings. The fourth-order valence-electron chi connectivity index (χ4n) is 1.61. The molecule has 1 aromatic carbocycles. The van der Waals surface area contributed by atoms with Crippen LogP contribution in [0.15, 0.2) is 24.3 Å².